The molecule has 0 bridgehead atoms. The molecule has 1 aliphatic carbocycles. The van der Waals surface area contributed by atoms with E-state index >= 15 is 0 Å². The third-order valence-corrected chi connectivity index (χ3v) is 4.47. The molecule has 1 aromatic heterocycles. The highest BCUT2D eigenvalue weighted by Crippen LogP contribution is 2.27. The smallest absolute Gasteiger partial charge is 0.231 e. The van der Waals surface area contributed by atoms with Gasteiger partial charge in [0.15, 0.2) is 0 Å². The van der Waals surface area contributed by atoms with Gasteiger partial charge in [-0.1, -0.05) is 31.0 Å². The first-order valence-electron chi connectivity index (χ1n) is 8.17. The van der Waals surface area contributed by atoms with Crippen LogP contribution in [0.1, 0.15) is 37.1 Å². The zero-order valence-corrected chi connectivity index (χ0v) is 13.5. The number of hydrogen-bond acceptors (Lipinski definition) is 4. The Morgan fingerprint density at radius 2 is 2.00 bits per heavy atom. The topological polar surface area (TPSA) is 72.4 Å². The molecular formula is C18H23N3O2. The summed E-state index contributed by atoms with van der Waals surface area (Å²) in [7, 11) is 0. The van der Waals surface area contributed by atoms with Crippen molar-refractivity contribution in [3.63, 3.8) is 0 Å². The molecule has 23 heavy (non-hydrogen) atoms. The molecule has 0 unspecified atom stereocenters. The summed E-state index contributed by atoms with van der Waals surface area (Å²) in [6.45, 7) is 2.80. The van der Waals surface area contributed by atoms with Gasteiger partial charge < -0.3 is 10.2 Å². The van der Waals surface area contributed by atoms with Gasteiger partial charge in [0.25, 0.3) is 0 Å². The SMILES string of the molecule is Cc1oc(-c2ccccc2)nc1CN(CC(N)=O)C1CCCC1. The first-order valence-corrected chi connectivity index (χ1v) is 8.17. The number of aryl methyl sites for hydroxylation is 1. The van der Waals surface area contributed by atoms with Crippen LogP contribution in [0.5, 0.6) is 0 Å². The van der Waals surface area contributed by atoms with Crippen molar-refractivity contribution in [3.8, 4) is 11.5 Å². The maximum atomic E-state index is 11.4. The molecule has 5 nitrogen and oxygen atoms in total. The second-order valence-corrected chi connectivity index (χ2v) is 6.20. The zero-order chi connectivity index (χ0) is 16.2. The summed E-state index contributed by atoms with van der Waals surface area (Å²) in [5, 5.41) is 0. The van der Waals surface area contributed by atoms with E-state index in [9.17, 15) is 4.79 Å². The number of aromatic nitrogens is 1. The Hall–Kier alpha value is -2.14. The lowest BCUT2D eigenvalue weighted by Gasteiger charge is -2.26. The van der Waals surface area contributed by atoms with Gasteiger partial charge in [0, 0.05) is 18.2 Å². The van der Waals surface area contributed by atoms with Crippen LogP contribution < -0.4 is 5.73 Å². The number of primary amides is 1. The molecule has 1 amide bonds. The number of rotatable bonds is 6. The van der Waals surface area contributed by atoms with Gasteiger partial charge in [0.2, 0.25) is 11.8 Å². The van der Waals surface area contributed by atoms with E-state index in [-0.39, 0.29) is 12.5 Å². The Morgan fingerprint density at radius 1 is 1.30 bits per heavy atom. The maximum Gasteiger partial charge on any atom is 0.231 e. The van der Waals surface area contributed by atoms with Crippen molar-refractivity contribution in [2.75, 3.05) is 6.54 Å². The molecule has 5 heteroatoms. The van der Waals surface area contributed by atoms with Crippen LogP contribution in [-0.4, -0.2) is 28.4 Å². The van der Waals surface area contributed by atoms with E-state index in [0.29, 0.717) is 18.5 Å². The number of oxazole rings is 1. The zero-order valence-electron chi connectivity index (χ0n) is 13.5. The lowest BCUT2D eigenvalue weighted by molar-refractivity contribution is -0.119. The van der Waals surface area contributed by atoms with Crippen LogP contribution in [0.15, 0.2) is 34.7 Å². The predicted octanol–water partition coefficient (Wildman–Crippen LogP) is 2.88. The number of nitrogens with two attached hydrogens (primary N) is 1. The van der Waals surface area contributed by atoms with Crippen molar-refractivity contribution in [2.45, 2.75) is 45.2 Å². The first kappa shape index (κ1) is 15.7. The van der Waals surface area contributed by atoms with Gasteiger partial charge in [0.1, 0.15) is 5.76 Å². The largest absolute Gasteiger partial charge is 0.441 e. The lowest BCUT2D eigenvalue weighted by atomic mass is 10.2. The summed E-state index contributed by atoms with van der Waals surface area (Å²) in [6, 6.07) is 10.3. The highest BCUT2D eigenvalue weighted by atomic mass is 16.4. The summed E-state index contributed by atoms with van der Waals surface area (Å²) >= 11 is 0. The molecule has 1 aliphatic rings. The van der Waals surface area contributed by atoms with Crippen LogP contribution in [0.2, 0.25) is 0 Å². The summed E-state index contributed by atoms with van der Waals surface area (Å²) in [6.07, 6.45) is 4.67. The number of carbonyl (C=O) groups excluding carboxylic acids is 1. The second-order valence-electron chi connectivity index (χ2n) is 6.20. The Kier molecular flexibility index (Phi) is 4.76. The van der Waals surface area contributed by atoms with Crippen LogP contribution in [0.25, 0.3) is 11.5 Å². The van der Waals surface area contributed by atoms with Crippen LogP contribution in [0.4, 0.5) is 0 Å². The highest BCUT2D eigenvalue weighted by molar-refractivity contribution is 5.76. The van der Waals surface area contributed by atoms with Crippen LogP contribution in [0, 0.1) is 6.92 Å². The van der Waals surface area contributed by atoms with Crippen molar-refractivity contribution in [3.05, 3.63) is 41.8 Å². The minimum atomic E-state index is -0.290. The van der Waals surface area contributed by atoms with E-state index < -0.39 is 0 Å². The normalized spacial score (nSPS) is 15.4. The molecule has 0 saturated heterocycles. The van der Waals surface area contributed by atoms with Crippen molar-refractivity contribution in [1.29, 1.82) is 0 Å². The Labute approximate surface area is 136 Å². The molecular weight excluding hydrogens is 290 g/mol. The summed E-state index contributed by atoms with van der Waals surface area (Å²) < 4.78 is 5.82. The molecule has 1 saturated carbocycles. The van der Waals surface area contributed by atoms with Gasteiger partial charge in [-0.3, -0.25) is 9.69 Å². The monoisotopic (exact) mass is 313 g/mol. The van der Waals surface area contributed by atoms with Gasteiger partial charge in [-0.15, -0.1) is 0 Å². The third-order valence-electron chi connectivity index (χ3n) is 4.47. The Morgan fingerprint density at radius 3 is 2.65 bits per heavy atom. The molecule has 2 N–H and O–H groups in total. The average molecular weight is 313 g/mol. The average Bonchev–Trinajstić information content (AvgIpc) is 3.18. The van der Waals surface area contributed by atoms with Gasteiger partial charge in [0.05, 0.1) is 12.2 Å². The van der Waals surface area contributed by atoms with Gasteiger partial charge in [-0.25, -0.2) is 4.98 Å². The summed E-state index contributed by atoms with van der Waals surface area (Å²) in [5.41, 5.74) is 7.27. The van der Waals surface area contributed by atoms with Crippen LogP contribution in [-0.2, 0) is 11.3 Å². The highest BCUT2D eigenvalue weighted by Gasteiger charge is 2.25. The molecule has 0 radical (unpaired) electrons. The standard InChI is InChI=1S/C18H23N3O2/c1-13-16(20-18(23-13)14-7-3-2-4-8-14)11-21(12-17(19)22)15-9-5-6-10-15/h2-4,7-8,15H,5-6,9-12H2,1H3,(H2,19,22). The number of nitrogens with zero attached hydrogens (tertiary/aromatic N) is 2. The molecule has 0 atom stereocenters. The number of benzene rings is 1. The molecule has 0 aliphatic heterocycles. The van der Waals surface area contributed by atoms with Crippen LogP contribution in [0.3, 0.4) is 0 Å². The fourth-order valence-corrected chi connectivity index (χ4v) is 3.25. The van der Waals surface area contributed by atoms with E-state index in [1.54, 1.807) is 0 Å². The van der Waals surface area contributed by atoms with E-state index in [4.69, 9.17) is 10.2 Å². The van der Waals surface area contributed by atoms with Gasteiger partial charge in [-0.2, -0.15) is 0 Å². The Balaban J connectivity index is 1.79. The quantitative estimate of drug-likeness (QED) is 0.890. The molecule has 1 fully saturated rings. The fraction of sp³-hybridized carbons (Fsp3) is 0.444. The van der Waals surface area contributed by atoms with E-state index in [2.05, 4.69) is 9.88 Å². The van der Waals surface area contributed by atoms with E-state index in [0.717, 1.165) is 29.9 Å². The van der Waals surface area contributed by atoms with Crippen LogP contribution >= 0.6 is 0 Å². The minimum absolute atomic E-state index is 0.275. The Bertz CT molecular complexity index is 660. The summed E-state index contributed by atoms with van der Waals surface area (Å²) in [5.74, 6) is 1.14. The molecule has 3 rings (SSSR count). The minimum Gasteiger partial charge on any atom is -0.441 e. The van der Waals surface area contributed by atoms with Crippen molar-refractivity contribution < 1.29 is 9.21 Å². The third kappa shape index (κ3) is 3.79. The predicted molar refractivity (Wildman–Crippen MR) is 88.5 cm³/mol. The number of amides is 1. The van der Waals surface area contributed by atoms with Crippen molar-refractivity contribution >= 4 is 5.91 Å². The first-order chi connectivity index (χ1) is 11.1. The molecule has 1 heterocycles. The number of carbonyl (C=O) groups is 1. The lowest BCUT2D eigenvalue weighted by Crippen LogP contribution is -2.39. The van der Waals surface area contributed by atoms with Crippen molar-refractivity contribution in [1.82, 2.24) is 9.88 Å². The van der Waals surface area contributed by atoms with Gasteiger partial charge in [-0.05, 0) is 31.9 Å². The number of hydrogen-bond donors (Lipinski definition) is 1. The maximum absolute atomic E-state index is 11.4. The van der Waals surface area contributed by atoms with Gasteiger partial charge >= 0.3 is 0 Å². The molecule has 2 aromatic rings. The molecule has 122 valence electrons. The fourth-order valence-electron chi connectivity index (χ4n) is 3.25. The van der Waals surface area contributed by atoms with Crippen molar-refractivity contribution in [2.24, 2.45) is 5.73 Å². The second kappa shape index (κ2) is 6.96. The van der Waals surface area contributed by atoms with E-state index in [1.165, 1.54) is 12.8 Å². The molecule has 1 aromatic carbocycles. The summed E-state index contributed by atoms with van der Waals surface area (Å²) in [4.78, 5) is 18.2. The van der Waals surface area contributed by atoms with E-state index in [1.807, 2.05) is 37.3 Å². The molecule has 0 spiro atoms.